The molecule has 3 aromatic heterocycles. The van der Waals surface area contributed by atoms with Crippen LogP contribution in [-0.4, -0.2) is 29.5 Å². The second-order valence-corrected chi connectivity index (χ2v) is 5.13. The van der Waals surface area contributed by atoms with Gasteiger partial charge in [-0.15, -0.1) is 10.2 Å². The molecule has 0 spiro atoms. The molecule has 4 rings (SSSR count). The van der Waals surface area contributed by atoms with Crippen molar-refractivity contribution in [3.05, 3.63) is 54.4 Å². The fraction of sp³-hybridized carbons (Fsp3) is 0.143. The number of hydrogen-bond donors (Lipinski definition) is 2. The minimum absolute atomic E-state index is 0.611. The molecule has 7 nitrogen and oxygen atoms in total. The van der Waals surface area contributed by atoms with Crippen LogP contribution in [0.25, 0.3) is 16.8 Å². The average Bonchev–Trinajstić information content (AvgIpc) is 3.14. The summed E-state index contributed by atoms with van der Waals surface area (Å²) in [7, 11) is 0. The standard InChI is InChI=1S/C14H13N7/c1-14(15,9-5-3-2-4-6-9)13-20-19-12-10-11(17-7-16-10)18-8-21(12)13/h2-8H,15H2,1H3,(H,16,17). The second-order valence-electron chi connectivity index (χ2n) is 5.13. The maximum absolute atomic E-state index is 6.51. The molecular formula is C14H13N7. The number of benzene rings is 1. The summed E-state index contributed by atoms with van der Waals surface area (Å²) >= 11 is 0. The molecule has 1 aromatic carbocycles. The van der Waals surface area contributed by atoms with E-state index in [-0.39, 0.29) is 0 Å². The molecule has 0 aliphatic heterocycles. The maximum atomic E-state index is 6.51. The van der Waals surface area contributed by atoms with E-state index in [1.54, 1.807) is 17.1 Å². The largest absolute Gasteiger partial charge is 0.340 e. The smallest absolute Gasteiger partial charge is 0.189 e. The zero-order chi connectivity index (χ0) is 14.4. The third kappa shape index (κ3) is 1.64. The molecule has 4 aromatic rings. The van der Waals surface area contributed by atoms with Gasteiger partial charge in [0.25, 0.3) is 0 Å². The van der Waals surface area contributed by atoms with E-state index in [0.29, 0.717) is 17.1 Å². The molecule has 7 heteroatoms. The van der Waals surface area contributed by atoms with E-state index in [2.05, 4.69) is 25.1 Å². The lowest BCUT2D eigenvalue weighted by molar-refractivity contribution is 0.550. The highest BCUT2D eigenvalue weighted by atomic mass is 15.3. The van der Waals surface area contributed by atoms with Crippen molar-refractivity contribution in [3.8, 4) is 0 Å². The molecule has 1 unspecified atom stereocenters. The molecule has 3 N–H and O–H groups in total. The predicted octanol–water partition coefficient (Wildman–Crippen LogP) is 1.22. The van der Waals surface area contributed by atoms with Gasteiger partial charge < -0.3 is 10.7 Å². The van der Waals surface area contributed by atoms with Gasteiger partial charge in [-0.2, -0.15) is 0 Å². The molecular weight excluding hydrogens is 266 g/mol. The molecule has 0 saturated heterocycles. The Kier molecular flexibility index (Phi) is 2.34. The third-order valence-corrected chi connectivity index (χ3v) is 3.67. The molecule has 3 heterocycles. The van der Waals surface area contributed by atoms with Crippen LogP contribution in [0.15, 0.2) is 43.0 Å². The van der Waals surface area contributed by atoms with Gasteiger partial charge >= 0.3 is 0 Å². The first kappa shape index (κ1) is 12.0. The summed E-state index contributed by atoms with van der Waals surface area (Å²) in [5, 5.41) is 8.51. The molecule has 0 fully saturated rings. The van der Waals surface area contributed by atoms with Crippen LogP contribution in [0, 0.1) is 0 Å². The van der Waals surface area contributed by atoms with E-state index in [0.717, 1.165) is 11.1 Å². The van der Waals surface area contributed by atoms with E-state index in [9.17, 15) is 0 Å². The number of imidazole rings is 1. The van der Waals surface area contributed by atoms with Gasteiger partial charge in [-0.3, -0.25) is 4.40 Å². The van der Waals surface area contributed by atoms with Gasteiger partial charge in [0.15, 0.2) is 17.1 Å². The van der Waals surface area contributed by atoms with Crippen molar-refractivity contribution >= 4 is 16.8 Å². The van der Waals surface area contributed by atoms with Gasteiger partial charge in [0.05, 0.1) is 11.9 Å². The minimum atomic E-state index is -0.768. The second kappa shape index (κ2) is 4.10. The lowest BCUT2D eigenvalue weighted by atomic mass is 9.92. The highest BCUT2D eigenvalue weighted by molar-refractivity contribution is 5.84. The highest BCUT2D eigenvalue weighted by Gasteiger charge is 2.30. The highest BCUT2D eigenvalue weighted by Crippen LogP contribution is 2.26. The molecule has 0 bridgehead atoms. The first-order valence-electron chi connectivity index (χ1n) is 6.55. The summed E-state index contributed by atoms with van der Waals surface area (Å²) in [5.41, 5.74) is 8.73. The van der Waals surface area contributed by atoms with E-state index < -0.39 is 5.54 Å². The van der Waals surface area contributed by atoms with E-state index >= 15 is 0 Å². The van der Waals surface area contributed by atoms with Gasteiger partial charge in [-0.05, 0) is 12.5 Å². The average molecular weight is 279 g/mol. The number of nitrogens with zero attached hydrogens (tertiary/aromatic N) is 5. The topological polar surface area (TPSA) is 97.8 Å². The van der Waals surface area contributed by atoms with E-state index in [1.807, 2.05) is 37.3 Å². The van der Waals surface area contributed by atoms with Crippen molar-refractivity contribution in [1.82, 2.24) is 29.5 Å². The quantitative estimate of drug-likeness (QED) is 0.575. The van der Waals surface area contributed by atoms with Gasteiger partial charge in [-0.1, -0.05) is 30.3 Å². The van der Waals surface area contributed by atoms with Crippen LogP contribution in [0.2, 0.25) is 0 Å². The number of fused-ring (bicyclic) bond motifs is 3. The predicted molar refractivity (Wildman–Crippen MR) is 77.5 cm³/mol. The number of nitrogens with two attached hydrogens (primary N) is 1. The van der Waals surface area contributed by atoms with Crippen LogP contribution in [0.3, 0.4) is 0 Å². The lowest BCUT2D eigenvalue weighted by Gasteiger charge is -2.23. The fourth-order valence-corrected chi connectivity index (χ4v) is 2.50. The van der Waals surface area contributed by atoms with Gasteiger partial charge in [0, 0.05) is 0 Å². The van der Waals surface area contributed by atoms with Crippen LogP contribution < -0.4 is 5.73 Å². The molecule has 0 aliphatic carbocycles. The van der Waals surface area contributed by atoms with Crippen molar-refractivity contribution in [2.24, 2.45) is 5.73 Å². The monoisotopic (exact) mass is 279 g/mol. The summed E-state index contributed by atoms with van der Waals surface area (Å²) in [6.45, 7) is 1.91. The number of hydrogen-bond acceptors (Lipinski definition) is 5. The Morgan fingerprint density at radius 3 is 2.76 bits per heavy atom. The van der Waals surface area contributed by atoms with Crippen LogP contribution in [-0.2, 0) is 5.54 Å². The third-order valence-electron chi connectivity index (χ3n) is 3.67. The first-order chi connectivity index (χ1) is 10.2. The number of rotatable bonds is 2. The summed E-state index contributed by atoms with van der Waals surface area (Å²) in [4.78, 5) is 11.4. The molecule has 104 valence electrons. The van der Waals surface area contributed by atoms with Crippen LogP contribution in [0.5, 0.6) is 0 Å². The molecule has 0 amide bonds. The van der Waals surface area contributed by atoms with Gasteiger partial charge in [-0.25, -0.2) is 9.97 Å². The summed E-state index contributed by atoms with van der Waals surface area (Å²) in [6.07, 6.45) is 3.24. The summed E-state index contributed by atoms with van der Waals surface area (Å²) < 4.78 is 1.80. The Morgan fingerprint density at radius 1 is 1.14 bits per heavy atom. The van der Waals surface area contributed by atoms with Crippen molar-refractivity contribution in [1.29, 1.82) is 0 Å². The Morgan fingerprint density at radius 2 is 1.95 bits per heavy atom. The fourth-order valence-electron chi connectivity index (χ4n) is 2.50. The number of aromatic nitrogens is 6. The Bertz CT molecular complexity index is 920. The van der Waals surface area contributed by atoms with E-state index in [1.165, 1.54) is 0 Å². The van der Waals surface area contributed by atoms with Crippen molar-refractivity contribution in [3.63, 3.8) is 0 Å². The maximum Gasteiger partial charge on any atom is 0.189 e. The minimum Gasteiger partial charge on any atom is -0.340 e. The zero-order valence-electron chi connectivity index (χ0n) is 11.4. The molecule has 0 saturated carbocycles. The molecule has 21 heavy (non-hydrogen) atoms. The van der Waals surface area contributed by atoms with Gasteiger partial charge in [0.2, 0.25) is 0 Å². The Labute approximate surface area is 119 Å². The molecule has 1 atom stereocenters. The van der Waals surface area contributed by atoms with Crippen LogP contribution in [0.4, 0.5) is 0 Å². The summed E-state index contributed by atoms with van der Waals surface area (Å²) in [6, 6.07) is 9.81. The normalized spacial score (nSPS) is 14.6. The van der Waals surface area contributed by atoms with Crippen molar-refractivity contribution in [2.45, 2.75) is 12.5 Å². The van der Waals surface area contributed by atoms with Crippen molar-refractivity contribution < 1.29 is 0 Å². The Hall–Kier alpha value is -2.80. The van der Waals surface area contributed by atoms with Crippen LogP contribution >= 0.6 is 0 Å². The van der Waals surface area contributed by atoms with E-state index in [4.69, 9.17) is 5.73 Å². The summed E-state index contributed by atoms with van der Waals surface area (Å²) in [5.74, 6) is 0.632. The Balaban J connectivity index is 1.98. The zero-order valence-corrected chi connectivity index (χ0v) is 11.4. The van der Waals surface area contributed by atoms with Crippen LogP contribution in [0.1, 0.15) is 18.3 Å². The van der Waals surface area contributed by atoms with Crippen molar-refractivity contribution in [2.75, 3.05) is 0 Å². The van der Waals surface area contributed by atoms with Gasteiger partial charge in [0.1, 0.15) is 11.8 Å². The molecule has 0 radical (unpaired) electrons. The first-order valence-corrected chi connectivity index (χ1v) is 6.55. The number of nitrogens with one attached hydrogen (secondary N) is 1. The SMILES string of the molecule is CC(N)(c1ccccc1)c1nnc2c3[nH]cnc3ncn12. The lowest BCUT2D eigenvalue weighted by Crippen LogP contribution is -2.36. The number of aromatic amines is 1. The molecule has 0 aliphatic rings. The number of H-pyrrole nitrogens is 1.